The van der Waals surface area contributed by atoms with Crippen LogP contribution in [-0.4, -0.2) is 63.1 Å². The van der Waals surface area contributed by atoms with Crippen LogP contribution in [0, 0.1) is 5.92 Å². The summed E-state index contributed by atoms with van der Waals surface area (Å²) in [6.07, 6.45) is 2.73. The van der Waals surface area contributed by atoms with Gasteiger partial charge < -0.3 is 5.11 Å². The minimum atomic E-state index is 0. The van der Waals surface area contributed by atoms with Gasteiger partial charge in [-0.25, -0.2) is 0 Å². The molecule has 0 aromatic rings. The van der Waals surface area contributed by atoms with Crippen molar-refractivity contribution in [2.45, 2.75) is 13.3 Å². The Morgan fingerprint density at radius 2 is 2.25 bits per heavy atom. The van der Waals surface area contributed by atoms with E-state index in [1.54, 1.807) is 0 Å². The zero-order chi connectivity index (χ0) is 5.70. The molecule has 0 aliphatic carbocycles. The van der Waals surface area contributed by atoms with Gasteiger partial charge in [0, 0.05) is 6.61 Å². The van der Waals surface area contributed by atoms with E-state index in [1.807, 2.05) is 13.0 Å². The van der Waals surface area contributed by atoms with Crippen LogP contribution in [0.3, 0.4) is 0 Å². The van der Waals surface area contributed by atoms with E-state index >= 15 is 0 Å². The second-order valence-electron chi connectivity index (χ2n) is 1.81. The van der Waals surface area contributed by atoms with Crippen LogP contribution in [0.2, 0.25) is 0 Å². The maximum atomic E-state index is 8.42. The number of aliphatic hydroxyl groups excluding tert-OH is 1. The molecule has 1 nitrogen and oxygen atoms in total. The SMILES string of the molecule is C=CCC(C)CO.[KH]. The Morgan fingerprint density at radius 3 is 2.38 bits per heavy atom. The fourth-order valence-electron chi connectivity index (χ4n) is 0.359. The van der Waals surface area contributed by atoms with Crippen molar-refractivity contribution >= 4 is 51.4 Å². The van der Waals surface area contributed by atoms with Gasteiger partial charge in [-0.15, -0.1) is 6.58 Å². The first-order valence-corrected chi connectivity index (χ1v) is 2.53. The molecular formula is C6H13KO. The third-order valence-corrected chi connectivity index (χ3v) is 0.881. The molecule has 1 unspecified atom stereocenters. The predicted octanol–water partition coefficient (Wildman–Crippen LogP) is 0.542. The van der Waals surface area contributed by atoms with Crippen LogP contribution in [-0.2, 0) is 0 Å². The molecule has 0 radical (unpaired) electrons. The molecule has 0 saturated carbocycles. The quantitative estimate of drug-likeness (QED) is 0.448. The fraction of sp³-hybridized carbons (Fsp3) is 0.667. The van der Waals surface area contributed by atoms with Crippen LogP contribution in [0.25, 0.3) is 0 Å². The Labute approximate surface area is 93.6 Å². The first-order valence-electron chi connectivity index (χ1n) is 2.53. The number of aliphatic hydroxyl groups is 1. The number of hydrogen-bond acceptors (Lipinski definition) is 1. The summed E-state index contributed by atoms with van der Waals surface area (Å²) in [5.74, 6) is 0.387. The third kappa shape index (κ3) is 7.34. The summed E-state index contributed by atoms with van der Waals surface area (Å²) in [6, 6.07) is 0. The standard InChI is InChI=1S/C6H12O.K.H/c1-3-4-6(2)5-7;;/h3,6-7H,1,4-5H2,2H3;;. The van der Waals surface area contributed by atoms with E-state index in [9.17, 15) is 0 Å². The second kappa shape index (κ2) is 8.34. The third-order valence-electron chi connectivity index (χ3n) is 0.881. The Balaban J connectivity index is 0. The average Bonchev–Trinajstić information content (AvgIpc) is 1.68. The van der Waals surface area contributed by atoms with Gasteiger partial charge in [0.15, 0.2) is 0 Å². The van der Waals surface area contributed by atoms with E-state index < -0.39 is 0 Å². The van der Waals surface area contributed by atoms with Crippen LogP contribution < -0.4 is 0 Å². The summed E-state index contributed by atoms with van der Waals surface area (Å²) in [5, 5.41) is 8.42. The molecule has 0 aromatic heterocycles. The molecule has 44 valence electrons. The van der Waals surface area contributed by atoms with Gasteiger partial charge in [-0.3, -0.25) is 0 Å². The molecule has 0 saturated heterocycles. The van der Waals surface area contributed by atoms with Gasteiger partial charge in [-0.1, -0.05) is 13.0 Å². The molecule has 0 aliphatic heterocycles. The fourth-order valence-corrected chi connectivity index (χ4v) is 0.359. The molecule has 1 atom stereocenters. The van der Waals surface area contributed by atoms with Gasteiger partial charge in [0.05, 0.1) is 0 Å². The van der Waals surface area contributed by atoms with Crippen LogP contribution in [0.4, 0.5) is 0 Å². The van der Waals surface area contributed by atoms with Crippen molar-refractivity contribution in [2.75, 3.05) is 6.61 Å². The summed E-state index contributed by atoms with van der Waals surface area (Å²) < 4.78 is 0. The summed E-state index contributed by atoms with van der Waals surface area (Å²) in [7, 11) is 0. The van der Waals surface area contributed by atoms with E-state index in [0.717, 1.165) is 6.42 Å². The van der Waals surface area contributed by atoms with Crippen molar-refractivity contribution < 1.29 is 5.11 Å². The predicted molar refractivity (Wildman–Crippen MR) is 38.2 cm³/mol. The molecule has 0 fully saturated rings. The van der Waals surface area contributed by atoms with Crippen LogP contribution >= 0.6 is 0 Å². The zero-order valence-electron chi connectivity index (χ0n) is 4.72. The van der Waals surface area contributed by atoms with E-state index in [-0.39, 0.29) is 58.0 Å². The van der Waals surface area contributed by atoms with Gasteiger partial charge >= 0.3 is 51.4 Å². The number of allylic oxidation sites excluding steroid dienone is 1. The van der Waals surface area contributed by atoms with E-state index in [1.165, 1.54) is 0 Å². The first kappa shape index (κ1) is 12.1. The van der Waals surface area contributed by atoms with Crippen molar-refractivity contribution in [2.24, 2.45) is 5.92 Å². The Morgan fingerprint density at radius 1 is 1.75 bits per heavy atom. The molecule has 2 heteroatoms. The van der Waals surface area contributed by atoms with Gasteiger partial charge in [0.25, 0.3) is 0 Å². The first-order chi connectivity index (χ1) is 3.31. The zero-order valence-corrected chi connectivity index (χ0v) is 4.72. The van der Waals surface area contributed by atoms with E-state index in [4.69, 9.17) is 5.11 Å². The van der Waals surface area contributed by atoms with Crippen molar-refractivity contribution in [1.29, 1.82) is 0 Å². The Hall–Kier alpha value is 1.34. The molecule has 0 spiro atoms. The van der Waals surface area contributed by atoms with Crippen molar-refractivity contribution in [1.82, 2.24) is 0 Å². The Kier molecular flexibility index (Phi) is 12.6. The normalized spacial score (nSPS) is 11.8. The van der Waals surface area contributed by atoms with Gasteiger partial charge in [0.2, 0.25) is 0 Å². The summed E-state index contributed by atoms with van der Waals surface area (Å²) in [4.78, 5) is 0. The molecule has 0 aliphatic rings. The minimum absolute atomic E-state index is 0. The second-order valence-corrected chi connectivity index (χ2v) is 1.81. The van der Waals surface area contributed by atoms with Gasteiger partial charge in [-0.2, -0.15) is 0 Å². The summed E-state index contributed by atoms with van der Waals surface area (Å²) >= 11 is 0. The Bertz CT molecular complexity index is 54.5. The van der Waals surface area contributed by atoms with Crippen molar-refractivity contribution in [3.05, 3.63) is 12.7 Å². The maximum absolute atomic E-state index is 8.42. The summed E-state index contributed by atoms with van der Waals surface area (Å²) in [5.41, 5.74) is 0. The molecule has 0 aromatic carbocycles. The van der Waals surface area contributed by atoms with E-state index in [0.29, 0.717) is 5.92 Å². The molecule has 1 N–H and O–H groups in total. The molecule has 0 heterocycles. The monoisotopic (exact) mass is 140 g/mol. The topological polar surface area (TPSA) is 20.2 Å². The van der Waals surface area contributed by atoms with E-state index in [2.05, 4.69) is 6.58 Å². The molecule has 0 amide bonds. The van der Waals surface area contributed by atoms with Crippen LogP contribution in [0.15, 0.2) is 12.7 Å². The molecule has 0 bridgehead atoms. The summed E-state index contributed by atoms with van der Waals surface area (Å²) in [6.45, 7) is 5.80. The van der Waals surface area contributed by atoms with Gasteiger partial charge in [-0.05, 0) is 12.3 Å². The molecule has 8 heavy (non-hydrogen) atoms. The number of rotatable bonds is 3. The number of hydrogen-bond donors (Lipinski definition) is 1. The molecule has 0 rings (SSSR count). The van der Waals surface area contributed by atoms with Crippen LogP contribution in [0.5, 0.6) is 0 Å². The van der Waals surface area contributed by atoms with Crippen molar-refractivity contribution in [3.8, 4) is 0 Å². The van der Waals surface area contributed by atoms with Crippen molar-refractivity contribution in [3.63, 3.8) is 0 Å². The molecular weight excluding hydrogens is 127 g/mol. The van der Waals surface area contributed by atoms with Crippen LogP contribution in [0.1, 0.15) is 13.3 Å². The average molecular weight is 140 g/mol. The van der Waals surface area contributed by atoms with Gasteiger partial charge in [0.1, 0.15) is 0 Å².